The van der Waals surface area contributed by atoms with Crippen LogP contribution in [0.5, 0.6) is 0 Å². The number of hydrogen-bond acceptors (Lipinski definition) is 2. The van der Waals surface area contributed by atoms with E-state index in [0.717, 1.165) is 19.4 Å². The minimum atomic E-state index is -0.0394. The molecule has 2 nitrogen and oxygen atoms in total. The lowest BCUT2D eigenvalue weighted by Gasteiger charge is -2.17. The van der Waals surface area contributed by atoms with Crippen molar-refractivity contribution in [2.24, 2.45) is 0 Å². The topological polar surface area (TPSA) is 18.5 Å². The Balaban J connectivity index is 2.35. The first-order chi connectivity index (χ1) is 4.84. The van der Waals surface area contributed by atoms with Gasteiger partial charge in [-0.15, -0.1) is 0 Å². The molecule has 2 atom stereocenters. The molecule has 60 valence electrons. The Morgan fingerprint density at radius 3 is 3.00 bits per heavy atom. The molecule has 3 heteroatoms. The number of alkyl halides is 1. The Hall–Kier alpha value is 0.400. The smallest absolute Gasteiger partial charge is 0.169 e. The first-order valence-electron chi connectivity index (χ1n) is 3.63. The lowest BCUT2D eigenvalue weighted by molar-refractivity contribution is -0.116. The second-order valence-electron chi connectivity index (χ2n) is 2.49. The zero-order valence-corrected chi connectivity index (χ0v) is 7.76. The minimum absolute atomic E-state index is 0.0394. The average Bonchev–Trinajstić information content (AvgIpc) is 2.13. The SMILES string of the molecule is COC1OCCCCC1Br. The van der Waals surface area contributed by atoms with Gasteiger partial charge in [0, 0.05) is 13.7 Å². The molecule has 0 aliphatic carbocycles. The first kappa shape index (κ1) is 8.50. The molecule has 1 fully saturated rings. The van der Waals surface area contributed by atoms with Crippen LogP contribution in [0, 0.1) is 0 Å². The molecular formula is C7H13BrO2. The third kappa shape index (κ3) is 2.22. The lowest BCUT2D eigenvalue weighted by atomic mass is 10.2. The van der Waals surface area contributed by atoms with E-state index in [1.54, 1.807) is 7.11 Å². The van der Waals surface area contributed by atoms with Crippen molar-refractivity contribution in [1.29, 1.82) is 0 Å². The van der Waals surface area contributed by atoms with Crippen molar-refractivity contribution < 1.29 is 9.47 Å². The Bertz CT molecular complexity index is 97.6. The predicted molar refractivity (Wildman–Crippen MR) is 43.3 cm³/mol. The van der Waals surface area contributed by atoms with Gasteiger partial charge in [-0.3, -0.25) is 0 Å². The maximum absolute atomic E-state index is 5.40. The molecule has 2 unspecified atom stereocenters. The predicted octanol–water partition coefficient (Wildman–Crippen LogP) is 1.92. The molecule has 0 bridgehead atoms. The zero-order chi connectivity index (χ0) is 7.40. The van der Waals surface area contributed by atoms with Gasteiger partial charge in [-0.2, -0.15) is 0 Å². The summed E-state index contributed by atoms with van der Waals surface area (Å²) >= 11 is 3.51. The highest BCUT2D eigenvalue weighted by Crippen LogP contribution is 2.20. The van der Waals surface area contributed by atoms with Gasteiger partial charge in [-0.25, -0.2) is 0 Å². The summed E-state index contributed by atoms with van der Waals surface area (Å²) in [5, 5.41) is 0. The van der Waals surface area contributed by atoms with Crippen LogP contribution in [-0.2, 0) is 9.47 Å². The van der Waals surface area contributed by atoms with Gasteiger partial charge >= 0.3 is 0 Å². The molecule has 0 N–H and O–H groups in total. The number of rotatable bonds is 1. The van der Waals surface area contributed by atoms with Gasteiger partial charge in [-0.05, 0) is 19.3 Å². The van der Waals surface area contributed by atoms with Gasteiger partial charge in [-0.1, -0.05) is 15.9 Å². The van der Waals surface area contributed by atoms with E-state index in [2.05, 4.69) is 15.9 Å². The molecule has 0 spiro atoms. The molecule has 1 heterocycles. The highest BCUT2D eigenvalue weighted by Gasteiger charge is 2.20. The third-order valence-corrected chi connectivity index (χ3v) is 2.57. The molecule has 0 aromatic heterocycles. The molecule has 1 rings (SSSR count). The van der Waals surface area contributed by atoms with Crippen molar-refractivity contribution in [3.63, 3.8) is 0 Å². The average molecular weight is 209 g/mol. The Morgan fingerprint density at radius 2 is 2.30 bits per heavy atom. The van der Waals surface area contributed by atoms with Crippen molar-refractivity contribution in [1.82, 2.24) is 0 Å². The summed E-state index contributed by atoms with van der Waals surface area (Å²) in [6, 6.07) is 0. The Kier molecular flexibility index (Phi) is 3.66. The van der Waals surface area contributed by atoms with Gasteiger partial charge in [0.15, 0.2) is 6.29 Å². The van der Waals surface area contributed by atoms with E-state index in [1.807, 2.05) is 0 Å². The van der Waals surface area contributed by atoms with Crippen molar-refractivity contribution in [2.45, 2.75) is 30.4 Å². The summed E-state index contributed by atoms with van der Waals surface area (Å²) in [4.78, 5) is 0.375. The normalized spacial score (nSPS) is 35.4. The van der Waals surface area contributed by atoms with Crippen molar-refractivity contribution in [2.75, 3.05) is 13.7 Å². The Labute approximate surface area is 70.0 Å². The van der Waals surface area contributed by atoms with Gasteiger partial charge in [0.25, 0.3) is 0 Å². The number of methoxy groups -OCH3 is 1. The third-order valence-electron chi connectivity index (χ3n) is 1.68. The van der Waals surface area contributed by atoms with E-state index in [9.17, 15) is 0 Å². The van der Waals surface area contributed by atoms with Gasteiger partial charge in [0.2, 0.25) is 0 Å². The van der Waals surface area contributed by atoms with Crippen LogP contribution in [-0.4, -0.2) is 24.8 Å². The van der Waals surface area contributed by atoms with Gasteiger partial charge in [0.1, 0.15) is 0 Å². The summed E-state index contributed by atoms with van der Waals surface area (Å²) in [5.74, 6) is 0. The van der Waals surface area contributed by atoms with E-state index in [1.165, 1.54) is 6.42 Å². The van der Waals surface area contributed by atoms with Crippen LogP contribution in [0.2, 0.25) is 0 Å². The zero-order valence-electron chi connectivity index (χ0n) is 6.18. The maximum atomic E-state index is 5.40. The summed E-state index contributed by atoms with van der Waals surface area (Å²) in [7, 11) is 1.68. The maximum Gasteiger partial charge on any atom is 0.169 e. The molecule has 1 saturated heterocycles. The quantitative estimate of drug-likeness (QED) is 0.614. The van der Waals surface area contributed by atoms with Gasteiger partial charge in [0.05, 0.1) is 4.83 Å². The summed E-state index contributed by atoms with van der Waals surface area (Å²) in [6.45, 7) is 0.834. The molecule has 0 radical (unpaired) electrons. The molecule has 0 amide bonds. The van der Waals surface area contributed by atoms with Gasteiger partial charge < -0.3 is 9.47 Å². The van der Waals surface area contributed by atoms with Crippen LogP contribution >= 0.6 is 15.9 Å². The van der Waals surface area contributed by atoms with Crippen LogP contribution in [0.4, 0.5) is 0 Å². The number of hydrogen-bond donors (Lipinski definition) is 0. The van der Waals surface area contributed by atoms with E-state index >= 15 is 0 Å². The monoisotopic (exact) mass is 208 g/mol. The highest BCUT2D eigenvalue weighted by atomic mass is 79.9. The van der Waals surface area contributed by atoms with Crippen LogP contribution < -0.4 is 0 Å². The van der Waals surface area contributed by atoms with Crippen LogP contribution in [0.3, 0.4) is 0 Å². The van der Waals surface area contributed by atoms with E-state index in [0.29, 0.717) is 4.83 Å². The van der Waals surface area contributed by atoms with Crippen LogP contribution in [0.1, 0.15) is 19.3 Å². The number of halogens is 1. The molecular weight excluding hydrogens is 196 g/mol. The summed E-state index contributed by atoms with van der Waals surface area (Å²) in [6.07, 6.45) is 3.50. The highest BCUT2D eigenvalue weighted by molar-refractivity contribution is 9.09. The second-order valence-corrected chi connectivity index (χ2v) is 3.66. The van der Waals surface area contributed by atoms with E-state index < -0.39 is 0 Å². The first-order valence-corrected chi connectivity index (χ1v) is 4.54. The fraction of sp³-hybridized carbons (Fsp3) is 1.00. The number of ether oxygens (including phenoxy) is 2. The standard InChI is InChI=1S/C7H13BrO2/c1-9-7-6(8)4-2-3-5-10-7/h6-7H,2-5H2,1H3. The molecule has 0 saturated carbocycles. The molecule has 1 aliphatic heterocycles. The molecule has 10 heavy (non-hydrogen) atoms. The lowest BCUT2D eigenvalue weighted by Crippen LogP contribution is -2.24. The molecule has 0 aromatic carbocycles. The van der Waals surface area contributed by atoms with Crippen molar-refractivity contribution in [3.05, 3.63) is 0 Å². The van der Waals surface area contributed by atoms with E-state index in [4.69, 9.17) is 9.47 Å². The fourth-order valence-corrected chi connectivity index (χ4v) is 1.79. The Morgan fingerprint density at radius 1 is 1.50 bits per heavy atom. The summed E-state index contributed by atoms with van der Waals surface area (Å²) < 4.78 is 10.5. The van der Waals surface area contributed by atoms with Crippen molar-refractivity contribution >= 4 is 15.9 Å². The second kappa shape index (κ2) is 4.31. The molecule has 0 aromatic rings. The summed E-state index contributed by atoms with van der Waals surface area (Å²) in [5.41, 5.74) is 0. The minimum Gasteiger partial charge on any atom is -0.355 e. The van der Waals surface area contributed by atoms with Crippen LogP contribution in [0.25, 0.3) is 0 Å². The van der Waals surface area contributed by atoms with E-state index in [-0.39, 0.29) is 6.29 Å². The molecule has 1 aliphatic rings. The fourth-order valence-electron chi connectivity index (χ4n) is 1.10. The van der Waals surface area contributed by atoms with Crippen LogP contribution in [0.15, 0.2) is 0 Å². The largest absolute Gasteiger partial charge is 0.355 e. The van der Waals surface area contributed by atoms with Crippen molar-refractivity contribution in [3.8, 4) is 0 Å².